The molecule has 1 aliphatic rings. The van der Waals surface area contributed by atoms with Crippen molar-refractivity contribution in [3.8, 4) is 0 Å². The number of rotatable bonds is 4. The number of anilines is 1. The lowest BCUT2D eigenvalue weighted by Gasteiger charge is -2.23. The molecule has 0 radical (unpaired) electrons. The van der Waals surface area contributed by atoms with E-state index < -0.39 is 12.1 Å². The minimum Gasteiger partial charge on any atom is -0.374 e. The van der Waals surface area contributed by atoms with Crippen molar-refractivity contribution in [1.29, 1.82) is 0 Å². The molecule has 126 valence electrons. The smallest absolute Gasteiger partial charge is 0.321 e. The highest BCUT2D eigenvalue weighted by molar-refractivity contribution is 5.98. The Morgan fingerprint density at radius 3 is 2.52 bits per heavy atom. The summed E-state index contributed by atoms with van der Waals surface area (Å²) >= 11 is 0. The van der Waals surface area contributed by atoms with Crippen molar-refractivity contribution in [1.82, 2.24) is 10.6 Å². The van der Waals surface area contributed by atoms with Crippen LogP contribution in [0.25, 0.3) is 0 Å². The molecule has 0 aliphatic heterocycles. The molecule has 1 saturated carbocycles. The molecule has 0 saturated heterocycles. The normalized spacial score (nSPS) is 16.5. The topological polar surface area (TPSA) is 70.2 Å². The highest BCUT2D eigenvalue weighted by Gasteiger charge is 2.20. The first-order valence-electron chi connectivity index (χ1n) is 8.41. The fraction of sp³-hybridized carbons (Fsp3) is 0.556. The van der Waals surface area contributed by atoms with Gasteiger partial charge < -0.3 is 10.6 Å². The number of carbonyl (C=O) groups excluding carboxylic acids is 2. The molecule has 1 atom stereocenters. The van der Waals surface area contributed by atoms with Crippen LogP contribution < -0.4 is 16.0 Å². The van der Waals surface area contributed by atoms with E-state index >= 15 is 0 Å². The number of nitrogens with one attached hydrogen (secondary N) is 3. The van der Waals surface area contributed by atoms with E-state index in [0.717, 1.165) is 42.5 Å². The first kappa shape index (κ1) is 17.3. The van der Waals surface area contributed by atoms with Gasteiger partial charge in [0.2, 0.25) is 5.91 Å². The van der Waals surface area contributed by atoms with Gasteiger partial charge in [-0.05, 0) is 50.8 Å². The monoisotopic (exact) mass is 317 g/mol. The van der Waals surface area contributed by atoms with Gasteiger partial charge in [0.05, 0.1) is 0 Å². The van der Waals surface area contributed by atoms with Gasteiger partial charge in [-0.2, -0.15) is 0 Å². The van der Waals surface area contributed by atoms with Crippen LogP contribution in [0, 0.1) is 13.8 Å². The molecule has 5 heteroatoms. The van der Waals surface area contributed by atoms with Crippen LogP contribution in [0.1, 0.15) is 50.2 Å². The average molecular weight is 317 g/mol. The molecule has 3 N–H and O–H groups in total. The number of hydrogen-bond acceptors (Lipinski definition) is 3. The van der Waals surface area contributed by atoms with Crippen molar-refractivity contribution in [2.24, 2.45) is 0 Å². The molecule has 5 nitrogen and oxygen atoms in total. The molecular weight excluding hydrogens is 290 g/mol. The number of hydrogen-bond donors (Lipinski definition) is 3. The van der Waals surface area contributed by atoms with Gasteiger partial charge in [0, 0.05) is 11.7 Å². The number of aryl methyl sites for hydroxylation is 1. The second-order valence-corrected chi connectivity index (χ2v) is 6.41. The maximum atomic E-state index is 12.2. The molecule has 1 aromatic carbocycles. The summed E-state index contributed by atoms with van der Waals surface area (Å²) in [6.45, 7) is 5.80. The molecule has 23 heavy (non-hydrogen) atoms. The molecule has 0 heterocycles. The van der Waals surface area contributed by atoms with E-state index in [4.69, 9.17) is 0 Å². The van der Waals surface area contributed by atoms with Gasteiger partial charge in [0.25, 0.3) is 0 Å². The molecule has 0 unspecified atom stereocenters. The summed E-state index contributed by atoms with van der Waals surface area (Å²) in [6, 6.07) is 5.24. The number of carbonyl (C=O) groups is 2. The van der Waals surface area contributed by atoms with Gasteiger partial charge >= 0.3 is 6.03 Å². The Labute approximate surface area is 138 Å². The Hall–Kier alpha value is -2.04. The van der Waals surface area contributed by atoms with Crippen LogP contribution in [0.3, 0.4) is 0 Å². The lowest BCUT2D eigenvalue weighted by molar-refractivity contribution is -0.120. The lowest BCUT2D eigenvalue weighted by atomic mass is 9.96. The predicted octanol–water partition coefficient (Wildman–Crippen LogP) is 3.26. The van der Waals surface area contributed by atoms with Crippen molar-refractivity contribution < 1.29 is 9.59 Å². The van der Waals surface area contributed by atoms with Crippen LogP contribution >= 0.6 is 0 Å². The quantitative estimate of drug-likeness (QED) is 0.798. The fourth-order valence-corrected chi connectivity index (χ4v) is 2.89. The van der Waals surface area contributed by atoms with Crippen LogP contribution in [0.4, 0.5) is 10.5 Å². The molecule has 3 amide bonds. The van der Waals surface area contributed by atoms with E-state index in [2.05, 4.69) is 16.0 Å². The van der Waals surface area contributed by atoms with E-state index in [-0.39, 0.29) is 11.9 Å². The number of amides is 3. The number of urea groups is 1. The maximum Gasteiger partial charge on any atom is 0.321 e. The highest BCUT2D eigenvalue weighted by atomic mass is 16.2. The summed E-state index contributed by atoms with van der Waals surface area (Å²) in [7, 11) is 0. The summed E-state index contributed by atoms with van der Waals surface area (Å²) in [5.74, 6) is -0.320. The molecule has 0 bridgehead atoms. The third-order valence-electron chi connectivity index (χ3n) is 4.55. The SMILES string of the molecule is Cc1cccc(N[C@@H](C)C(=O)NC(=O)NC2CCCCC2)c1C. The average Bonchev–Trinajstić information content (AvgIpc) is 2.52. The highest BCUT2D eigenvalue weighted by Crippen LogP contribution is 2.19. The van der Waals surface area contributed by atoms with Crippen molar-refractivity contribution >= 4 is 17.6 Å². The zero-order valence-corrected chi connectivity index (χ0v) is 14.2. The second-order valence-electron chi connectivity index (χ2n) is 6.41. The molecule has 0 spiro atoms. The fourth-order valence-electron chi connectivity index (χ4n) is 2.89. The Bertz CT molecular complexity index is 565. The van der Waals surface area contributed by atoms with Gasteiger partial charge in [-0.15, -0.1) is 0 Å². The number of imide groups is 1. The lowest BCUT2D eigenvalue weighted by Crippen LogP contribution is -2.49. The van der Waals surface area contributed by atoms with E-state index in [9.17, 15) is 9.59 Å². The summed E-state index contributed by atoms with van der Waals surface area (Å²) in [4.78, 5) is 24.1. The molecular formula is C18H27N3O2. The van der Waals surface area contributed by atoms with E-state index in [1.807, 2.05) is 32.0 Å². The predicted molar refractivity (Wildman–Crippen MR) is 92.5 cm³/mol. The van der Waals surface area contributed by atoms with Gasteiger partial charge in [-0.3, -0.25) is 10.1 Å². The van der Waals surface area contributed by atoms with Gasteiger partial charge in [-0.1, -0.05) is 31.4 Å². The Balaban J connectivity index is 1.84. The summed E-state index contributed by atoms with van der Waals surface area (Å²) in [5.41, 5.74) is 3.19. The van der Waals surface area contributed by atoms with Crippen LogP contribution in [-0.2, 0) is 4.79 Å². The van der Waals surface area contributed by atoms with Gasteiger partial charge in [0.1, 0.15) is 6.04 Å². The van der Waals surface area contributed by atoms with Crippen LogP contribution in [-0.4, -0.2) is 24.0 Å². The Kier molecular flexibility index (Phi) is 6.02. The van der Waals surface area contributed by atoms with Gasteiger partial charge in [-0.25, -0.2) is 4.79 Å². The third kappa shape index (κ3) is 4.98. The number of benzene rings is 1. The summed E-state index contributed by atoms with van der Waals surface area (Å²) < 4.78 is 0. The second kappa shape index (κ2) is 7.99. The Morgan fingerprint density at radius 1 is 1.13 bits per heavy atom. The first-order chi connectivity index (χ1) is 11.0. The third-order valence-corrected chi connectivity index (χ3v) is 4.55. The van der Waals surface area contributed by atoms with E-state index in [1.54, 1.807) is 6.92 Å². The standard InChI is InChI=1S/C18H27N3O2/c1-12-8-7-11-16(13(12)2)19-14(3)17(22)21-18(23)20-15-9-5-4-6-10-15/h7-8,11,14-15,19H,4-6,9-10H2,1-3H3,(H2,20,21,22,23)/t14-/m0/s1. The summed E-state index contributed by atoms with van der Waals surface area (Å²) in [6.07, 6.45) is 5.51. The van der Waals surface area contributed by atoms with Crippen LogP contribution in [0.5, 0.6) is 0 Å². The first-order valence-corrected chi connectivity index (χ1v) is 8.41. The van der Waals surface area contributed by atoms with Crippen LogP contribution in [0.15, 0.2) is 18.2 Å². The van der Waals surface area contributed by atoms with Crippen molar-refractivity contribution in [2.45, 2.75) is 65.0 Å². The molecule has 1 aliphatic carbocycles. The summed E-state index contributed by atoms with van der Waals surface area (Å²) in [5, 5.41) is 8.49. The molecule has 1 aromatic rings. The molecule has 0 aromatic heterocycles. The zero-order chi connectivity index (χ0) is 16.8. The van der Waals surface area contributed by atoms with Gasteiger partial charge in [0.15, 0.2) is 0 Å². The van der Waals surface area contributed by atoms with Crippen molar-refractivity contribution in [3.05, 3.63) is 29.3 Å². The minimum atomic E-state index is -0.479. The molecule has 1 fully saturated rings. The largest absolute Gasteiger partial charge is 0.374 e. The van der Waals surface area contributed by atoms with E-state index in [1.165, 1.54) is 6.42 Å². The zero-order valence-electron chi connectivity index (χ0n) is 14.2. The maximum absolute atomic E-state index is 12.2. The molecule has 2 rings (SSSR count). The van der Waals surface area contributed by atoms with E-state index in [0.29, 0.717) is 0 Å². The minimum absolute atomic E-state index is 0.193. The van der Waals surface area contributed by atoms with Crippen molar-refractivity contribution in [2.75, 3.05) is 5.32 Å². The van der Waals surface area contributed by atoms with Crippen molar-refractivity contribution in [3.63, 3.8) is 0 Å². The Morgan fingerprint density at radius 2 is 1.83 bits per heavy atom. The van der Waals surface area contributed by atoms with Crippen LogP contribution in [0.2, 0.25) is 0 Å².